The van der Waals surface area contributed by atoms with E-state index in [1.54, 1.807) is 28.4 Å². The van der Waals surface area contributed by atoms with Gasteiger partial charge < -0.3 is 5.73 Å². The largest absolute Gasteiger partial charge is 0.384 e. The number of carbonyl (C=O) groups is 1. The minimum absolute atomic E-state index is 0.0161. The Morgan fingerprint density at radius 2 is 1.94 bits per heavy atom. The molecule has 1 aliphatic carbocycles. The van der Waals surface area contributed by atoms with Crippen LogP contribution in [0.2, 0.25) is 0 Å². The fourth-order valence-corrected chi connectivity index (χ4v) is 5.93. The van der Waals surface area contributed by atoms with Crippen LogP contribution in [0, 0.1) is 26.9 Å². The van der Waals surface area contributed by atoms with Gasteiger partial charge in [-0.05, 0) is 35.4 Å². The molecule has 4 rings (SSSR count). The first-order chi connectivity index (χ1) is 15.8. The van der Waals surface area contributed by atoms with Crippen LogP contribution in [0.25, 0.3) is 0 Å². The van der Waals surface area contributed by atoms with Crippen LogP contribution in [0.4, 0.5) is 11.4 Å². The van der Waals surface area contributed by atoms with Gasteiger partial charge in [0.1, 0.15) is 5.82 Å². The molecule has 34 heavy (non-hydrogen) atoms. The predicted octanol–water partition coefficient (Wildman–Crippen LogP) is 5.89. The molecule has 0 saturated carbocycles. The Hall–Kier alpha value is -3.44. The van der Waals surface area contributed by atoms with Gasteiger partial charge in [0.05, 0.1) is 28.2 Å². The number of rotatable bonds is 3. The Labute approximate surface area is 203 Å². The fourth-order valence-electron chi connectivity index (χ4n) is 4.75. The van der Waals surface area contributed by atoms with Gasteiger partial charge in [0.15, 0.2) is 5.78 Å². The molecule has 2 aromatic rings. The summed E-state index contributed by atoms with van der Waals surface area (Å²) in [5.74, 6) is -0.347. The average Bonchev–Trinajstić information content (AvgIpc) is 3.22. The van der Waals surface area contributed by atoms with Gasteiger partial charge in [0, 0.05) is 39.6 Å². The van der Waals surface area contributed by atoms with E-state index in [9.17, 15) is 20.2 Å². The number of benzene rings is 1. The van der Waals surface area contributed by atoms with Crippen molar-refractivity contribution in [2.24, 2.45) is 11.1 Å². The van der Waals surface area contributed by atoms with E-state index in [1.165, 1.54) is 12.1 Å². The van der Waals surface area contributed by atoms with Crippen molar-refractivity contribution in [2.75, 3.05) is 4.90 Å². The Balaban J connectivity index is 1.98. The third kappa shape index (κ3) is 4.01. The van der Waals surface area contributed by atoms with Crippen LogP contribution >= 0.6 is 11.3 Å². The molecule has 0 saturated heterocycles. The van der Waals surface area contributed by atoms with Gasteiger partial charge in [-0.3, -0.25) is 19.8 Å². The van der Waals surface area contributed by atoms with Gasteiger partial charge in [0.25, 0.3) is 5.69 Å². The number of nitrogens with zero attached hydrogens (tertiary/aromatic N) is 3. The monoisotopic (exact) mass is 476 g/mol. The molecule has 2 heterocycles. The molecule has 0 fully saturated rings. The Morgan fingerprint density at radius 3 is 2.53 bits per heavy atom. The number of Topliss-reactive ketones (excluding diaryl/α,β-unsaturated/α-hetero) is 1. The molecular weight excluding hydrogens is 448 g/mol. The zero-order chi connectivity index (χ0) is 25.0. The lowest BCUT2D eigenvalue weighted by Gasteiger charge is -2.43. The van der Waals surface area contributed by atoms with Crippen LogP contribution in [0.15, 0.2) is 59.1 Å². The fraction of sp³-hybridized carbons (Fsp3) is 0.385. The summed E-state index contributed by atoms with van der Waals surface area (Å²) in [5.41, 5.74) is 8.22. The smallest absolute Gasteiger partial charge is 0.271 e. The second-order valence-corrected chi connectivity index (χ2v) is 11.8. The van der Waals surface area contributed by atoms with Crippen LogP contribution in [-0.2, 0) is 10.2 Å². The molecular formula is C26H28N4O3S. The maximum absolute atomic E-state index is 13.6. The zero-order valence-electron chi connectivity index (χ0n) is 20.0. The third-order valence-electron chi connectivity index (χ3n) is 6.33. The maximum Gasteiger partial charge on any atom is 0.271 e. The van der Waals surface area contributed by atoms with Gasteiger partial charge in [-0.2, -0.15) is 5.26 Å². The van der Waals surface area contributed by atoms with Crippen LogP contribution in [0.5, 0.6) is 0 Å². The highest BCUT2D eigenvalue weighted by Crippen LogP contribution is 2.51. The number of nitro benzene ring substituents is 1. The van der Waals surface area contributed by atoms with E-state index in [0.717, 1.165) is 9.75 Å². The summed E-state index contributed by atoms with van der Waals surface area (Å²) in [4.78, 5) is 28.3. The van der Waals surface area contributed by atoms with E-state index >= 15 is 0 Å². The SMILES string of the molecule is CC1(C)CC(=O)C2=C(C1)N(c1cccc([N+](=O)[O-])c1)C(N)=C(C#N)C2c1ccc(C(C)(C)C)s1. The van der Waals surface area contributed by atoms with E-state index in [2.05, 4.69) is 32.9 Å². The summed E-state index contributed by atoms with van der Waals surface area (Å²) in [7, 11) is 0. The number of hydrogen-bond acceptors (Lipinski definition) is 7. The molecule has 1 unspecified atom stereocenters. The molecule has 176 valence electrons. The minimum atomic E-state index is -0.542. The highest BCUT2D eigenvalue weighted by molar-refractivity contribution is 7.12. The zero-order valence-corrected chi connectivity index (χ0v) is 20.8. The normalized spacial score (nSPS) is 20.3. The first-order valence-electron chi connectivity index (χ1n) is 11.1. The van der Waals surface area contributed by atoms with Crippen LogP contribution < -0.4 is 10.6 Å². The van der Waals surface area contributed by atoms with E-state index < -0.39 is 10.8 Å². The number of hydrogen-bond donors (Lipinski definition) is 1. The van der Waals surface area contributed by atoms with Crippen molar-refractivity contribution < 1.29 is 9.72 Å². The number of thiophene rings is 1. The number of nitrogens with two attached hydrogens (primary N) is 1. The predicted molar refractivity (Wildman–Crippen MR) is 133 cm³/mol. The first kappa shape index (κ1) is 23.7. The maximum atomic E-state index is 13.6. The molecule has 1 aromatic heterocycles. The summed E-state index contributed by atoms with van der Waals surface area (Å²) >= 11 is 1.59. The molecule has 0 radical (unpaired) electrons. The van der Waals surface area contributed by atoms with Gasteiger partial charge in [0.2, 0.25) is 0 Å². The van der Waals surface area contributed by atoms with Crippen molar-refractivity contribution in [3.8, 4) is 6.07 Å². The number of allylic oxidation sites excluding steroid dienone is 3. The van der Waals surface area contributed by atoms with Crippen molar-refractivity contribution in [1.29, 1.82) is 5.26 Å². The lowest BCUT2D eigenvalue weighted by Crippen LogP contribution is -2.42. The average molecular weight is 477 g/mol. The minimum Gasteiger partial charge on any atom is -0.384 e. The summed E-state index contributed by atoms with van der Waals surface area (Å²) in [6.45, 7) is 10.4. The number of nitriles is 1. The molecule has 7 nitrogen and oxygen atoms in total. The second-order valence-electron chi connectivity index (χ2n) is 10.7. The van der Waals surface area contributed by atoms with Crippen LogP contribution in [0.3, 0.4) is 0 Å². The molecule has 1 aliphatic heterocycles. The standard InChI is InChI=1S/C26H28N4O3S/c1-25(2,3)21-10-9-20(34-21)22-17(14-27)24(28)29(15-7-6-8-16(11-15)30(32)33)18-12-26(4,5)13-19(31)23(18)22/h6-11,22H,12-13,28H2,1-5H3. The highest BCUT2D eigenvalue weighted by atomic mass is 32.1. The van der Waals surface area contributed by atoms with E-state index in [-0.39, 0.29) is 28.1 Å². The lowest BCUT2D eigenvalue weighted by molar-refractivity contribution is -0.384. The van der Waals surface area contributed by atoms with Crippen molar-refractivity contribution in [3.05, 3.63) is 78.9 Å². The molecule has 2 N–H and O–H groups in total. The lowest BCUT2D eigenvalue weighted by atomic mass is 9.69. The molecule has 1 aromatic carbocycles. The second kappa shape index (κ2) is 8.10. The summed E-state index contributed by atoms with van der Waals surface area (Å²) in [6.07, 6.45) is 0.922. The number of anilines is 1. The van der Waals surface area contributed by atoms with E-state index in [4.69, 9.17) is 5.73 Å². The number of nitro groups is 1. The molecule has 0 spiro atoms. The van der Waals surface area contributed by atoms with Gasteiger partial charge >= 0.3 is 0 Å². The highest BCUT2D eigenvalue weighted by Gasteiger charge is 2.45. The number of ketones is 1. The summed E-state index contributed by atoms with van der Waals surface area (Å²) in [6, 6.07) is 12.4. The molecule has 2 aliphatic rings. The molecule has 0 amide bonds. The van der Waals surface area contributed by atoms with Gasteiger partial charge in [-0.1, -0.05) is 40.7 Å². The summed E-state index contributed by atoms with van der Waals surface area (Å²) < 4.78 is 0. The number of non-ortho nitro benzene ring substituents is 1. The topological polar surface area (TPSA) is 113 Å². The van der Waals surface area contributed by atoms with Crippen molar-refractivity contribution in [1.82, 2.24) is 0 Å². The Bertz CT molecular complexity index is 1300. The molecule has 1 atom stereocenters. The third-order valence-corrected chi connectivity index (χ3v) is 7.91. The Morgan fingerprint density at radius 1 is 1.24 bits per heavy atom. The van der Waals surface area contributed by atoms with Gasteiger partial charge in [-0.15, -0.1) is 11.3 Å². The van der Waals surface area contributed by atoms with Crippen molar-refractivity contribution in [2.45, 2.75) is 58.8 Å². The Kier molecular flexibility index (Phi) is 5.65. The van der Waals surface area contributed by atoms with Crippen molar-refractivity contribution >= 4 is 28.5 Å². The van der Waals surface area contributed by atoms with E-state index in [0.29, 0.717) is 35.4 Å². The van der Waals surface area contributed by atoms with E-state index in [1.807, 2.05) is 19.9 Å². The molecule has 8 heteroatoms. The number of carbonyl (C=O) groups excluding carboxylic acids is 1. The van der Waals surface area contributed by atoms with Crippen molar-refractivity contribution in [3.63, 3.8) is 0 Å². The molecule has 0 bridgehead atoms. The van der Waals surface area contributed by atoms with Crippen LogP contribution in [-0.4, -0.2) is 10.7 Å². The summed E-state index contributed by atoms with van der Waals surface area (Å²) in [5, 5.41) is 21.6. The quantitative estimate of drug-likeness (QED) is 0.436. The van der Waals surface area contributed by atoms with Crippen LogP contribution in [0.1, 0.15) is 63.1 Å². The van der Waals surface area contributed by atoms with Gasteiger partial charge in [-0.25, -0.2) is 0 Å². The first-order valence-corrected chi connectivity index (χ1v) is 12.0.